The molecule has 1 heterocycles. The van der Waals surface area contributed by atoms with E-state index in [2.05, 4.69) is 10.6 Å². The maximum Gasteiger partial charge on any atom is 0.242 e. The lowest BCUT2D eigenvalue weighted by Gasteiger charge is -2.20. The molecule has 142 valence electrons. The fourth-order valence-corrected chi connectivity index (χ4v) is 3.50. The molecule has 2 aromatic carbocycles. The number of carbonyl (C=O) groups excluding carboxylic acids is 2. The Kier molecular flexibility index (Phi) is 6.24. The van der Waals surface area contributed by atoms with Crippen LogP contribution in [0.5, 0.6) is 0 Å². The van der Waals surface area contributed by atoms with Gasteiger partial charge in [0.05, 0.1) is 10.7 Å². The number of carbonyl (C=O) groups is 2. The van der Waals surface area contributed by atoms with Gasteiger partial charge in [0.1, 0.15) is 6.04 Å². The van der Waals surface area contributed by atoms with Crippen LogP contribution >= 0.6 is 23.2 Å². The van der Waals surface area contributed by atoms with Gasteiger partial charge in [-0.05, 0) is 43.2 Å². The third-order valence-electron chi connectivity index (χ3n) is 4.50. The molecule has 3 rings (SSSR count). The highest BCUT2D eigenvalue weighted by molar-refractivity contribution is 6.34. The van der Waals surface area contributed by atoms with Crippen molar-refractivity contribution in [2.24, 2.45) is 0 Å². The van der Waals surface area contributed by atoms with Crippen molar-refractivity contribution in [3.63, 3.8) is 0 Å². The highest BCUT2D eigenvalue weighted by Gasteiger charge is 2.23. The molecule has 2 aromatic rings. The Morgan fingerprint density at radius 1 is 1.19 bits per heavy atom. The molecule has 1 aliphatic rings. The van der Waals surface area contributed by atoms with Crippen molar-refractivity contribution in [2.75, 3.05) is 16.8 Å². The number of amides is 2. The molecule has 7 heteroatoms. The number of halogens is 2. The maximum absolute atomic E-state index is 12.3. The fourth-order valence-electron chi connectivity index (χ4n) is 3.01. The van der Waals surface area contributed by atoms with Crippen LogP contribution in [-0.4, -0.2) is 24.4 Å². The van der Waals surface area contributed by atoms with Crippen LogP contribution in [0, 0.1) is 0 Å². The molecule has 0 radical (unpaired) electrons. The third-order valence-corrected chi connectivity index (χ3v) is 5.17. The molecule has 1 aliphatic heterocycles. The molecule has 0 bridgehead atoms. The van der Waals surface area contributed by atoms with Gasteiger partial charge in [-0.25, -0.2) is 0 Å². The first kappa shape index (κ1) is 19.5. The van der Waals surface area contributed by atoms with Crippen molar-refractivity contribution >= 4 is 46.4 Å². The van der Waals surface area contributed by atoms with E-state index >= 15 is 0 Å². The van der Waals surface area contributed by atoms with Crippen molar-refractivity contribution in [3.8, 4) is 0 Å². The summed E-state index contributed by atoms with van der Waals surface area (Å²) in [5.74, 6) is -0.0604. The third kappa shape index (κ3) is 4.73. The van der Waals surface area contributed by atoms with Crippen LogP contribution in [0.15, 0.2) is 42.5 Å². The van der Waals surface area contributed by atoms with E-state index in [4.69, 9.17) is 23.2 Å². The van der Waals surface area contributed by atoms with Crippen molar-refractivity contribution in [2.45, 2.75) is 32.4 Å². The van der Waals surface area contributed by atoms with E-state index in [9.17, 15) is 9.59 Å². The van der Waals surface area contributed by atoms with Gasteiger partial charge in [0.25, 0.3) is 0 Å². The molecule has 0 spiro atoms. The monoisotopic (exact) mass is 405 g/mol. The predicted molar refractivity (Wildman–Crippen MR) is 109 cm³/mol. The number of benzene rings is 2. The van der Waals surface area contributed by atoms with E-state index in [1.54, 1.807) is 24.0 Å². The first-order valence-electron chi connectivity index (χ1n) is 8.83. The number of hydrogen-bond donors (Lipinski definition) is 2. The summed E-state index contributed by atoms with van der Waals surface area (Å²) in [6.07, 6.45) is 1.40. The average Bonchev–Trinajstić information content (AvgIpc) is 3.06. The Morgan fingerprint density at radius 3 is 2.63 bits per heavy atom. The minimum Gasteiger partial charge on any atom is -0.374 e. The fraction of sp³-hybridized carbons (Fsp3) is 0.300. The van der Waals surface area contributed by atoms with Crippen LogP contribution in [0.3, 0.4) is 0 Å². The van der Waals surface area contributed by atoms with Crippen molar-refractivity contribution in [3.05, 3.63) is 58.1 Å². The molecule has 0 unspecified atom stereocenters. The van der Waals surface area contributed by atoms with Gasteiger partial charge in [-0.3, -0.25) is 9.59 Å². The largest absolute Gasteiger partial charge is 0.374 e. The Hall–Kier alpha value is -2.24. The van der Waals surface area contributed by atoms with Gasteiger partial charge in [0.15, 0.2) is 0 Å². The summed E-state index contributed by atoms with van der Waals surface area (Å²) >= 11 is 12.5. The lowest BCUT2D eigenvalue weighted by Crippen LogP contribution is -2.37. The molecule has 0 saturated carbocycles. The molecule has 0 aromatic heterocycles. The first-order chi connectivity index (χ1) is 13.0. The first-order valence-corrected chi connectivity index (χ1v) is 9.59. The molecule has 1 fully saturated rings. The Morgan fingerprint density at radius 2 is 1.96 bits per heavy atom. The summed E-state index contributed by atoms with van der Waals surface area (Å²) in [5.41, 5.74) is 2.29. The minimum absolute atomic E-state index is 0.0879. The molecule has 2 amide bonds. The number of nitrogens with zero attached hydrogens (tertiary/aromatic N) is 1. The van der Waals surface area contributed by atoms with Crippen LogP contribution in [0.25, 0.3) is 0 Å². The topological polar surface area (TPSA) is 61.4 Å². The minimum atomic E-state index is -0.456. The standard InChI is InChI=1S/C20H21Cl2N3O2/c1-13(20(27)23-12-14-5-2-3-6-16(14)21)24-15-8-9-18(17(22)11-15)25-10-4-7-19(25)26/h2-3,5-6,8-9,11,13,24H,4,7,10,12H2,1H3,(H,23,27)/t13-/m1/s1. The molecule has 1 saturated heterocycles. The van der Waals surface area contributed by atoms with Crippen molar-refractivity contribution in [1.82, 2.24) is 5.32 Å². The summed E-state index contributed by atoms with van der Waals surface area (Å²) in [6.45, 7) is 2.82. The Balaban J connectivity index is 1.59. The van der Waals surface area contributed by atoms with Crippen molar-refractivity contribution < 1.29 is 9.59 Å². The van der Waals surface area contributed by atoms with E-state index < -0.39 is 6.04 Å². The average molecular weight is 406 g/mol. The maximum atomic E-state index is 12.3. The molecule has 27 heavy (non-hydrogen) atoms. The quantitative estimate of drug-likeness (QED) is 0.755. The lowest BCUT2D eigenvalue weighted by atomic mass is 10.2. The van der Waals surface area contributed by atoms with Crippen LogP contribution in [0.4, 0.5) is 11.4 Å². The zero-order valence-electron chi connectivity index (χ0n) is 15.0. The highest BCUT2D eigenvalue weighted by Crippen LogP contribution is 2.31. The zero-order chi connectivity index (χ0) is 19.4. The van der Waals surface area contributed by atoms with Crippen molar-refractivity contribution in [1.29, 1.82) is 0 Å². The van der Waals surface area contributed by atoms with Crippen LogP contribution in [0.2, 0.25) is 10.0 Å². The van der Waals surface area contributed by atoms with Gasteiger partial charge in [-0.15, -0.1) is 0 Å². The lowest BCUT2D eigenvalue weighted by molar-refractivity contribution is -0.121. The van der Waals surface area contributed by atoms with Gasteiger partial charge >= 0.3 is 0 Å². The van der Waals surface area contributed by atoms with E-state index in [1.165, 1.54) is 0 Å². The molecule has 1 atom stereocenters. The van der Waals surface area contributed by atoms with Crippen LogP contribution in [0.1, 0.15) is 25.3 Å². The highest BCUT2D eigenvalue weighted by atomic mass is 35.5. The smallest absolute Gasteiger partial charge is 0.242 e. The zero-order valence-corrected chi connectivity index (χ0v) is 16.5. The summed E-state index contributed by atoms with van der Waals surface area (Å²) in [5, 5.41) is 7.10. The normalized spacial score (nSPS) is 14.9. The molecule has 5 nitrogen and oxygen atoms in total. The number of anilines is 2. The van der Waals surface area contributed by atoms with E-state index in [0.717, 1.165) is 17.7 Å². The van der Waals surface area contributed by atoms with Gasteiger partial charge in [0, 0.05) is 30.2 Å². The SMILES string of the molecule is C[C@@H](Nc1ccc(N2CCCC2=O)c(Cl)c1)C(=O)NCc1ccccc1Cl. The number of hydrogen-bond acceptors (Lipinski definition) is 3. The van der Waals surface area contributed by atoms with E-state index in [0.29, 0.717) is 35.2 Å². The summed E-state index contributed by atoms with van der Waals surface area (Å²) in [7, 11) is 0. The summed E-state index contributed by atoms with van der Waals surface area (Å²) < 4.78 is 0. The molecule has 2 N–H and O–H groups in total. The molecule has 0 aliphatic carbocycles. The molecular weight excluding hydrogens is 385 g/mol. The second kappa shape index (κ2) is 8.63. The Bertz CT molecular complexity index is 857. The van der Waals surface area contributed by atoms with Gasteiger partial charge in [-0.2, -0.15) is 0 Å². The molecular formula is C20H21Cl2N3O2. The predicted octanol–water partition coefficient (Wildman–Crippen LogP) is 4.24. The van der Waals surface area contributed by atoms with Gasteiger partial charge in [-0.1, -0.05) is 41.4 Å². The second-order valence-electron chi connectivity index (χ2n) is 6.49. The van der Waals surface area contributed by atoms with Crippen LogP contribution in [-0.2, 0) is 16.1 Å². The van der Waals surface area contributed by atoms with Gasteiger partial charge < -0.3 is 15.5 Å². The Labute approximate surface area is 168 Å². The van der Waals surface area contributed by atoms with Gasteiger partial charge in [0.2, 0.25) is 11.8 Å². The number of nitrogens with one attached hydrogen (secondary N) is 2. The second-order valence-corrected chi connectivity index (χ2v) is 7.30. The van der Waals surface area contributed by atoms with Crippen LogP contribution < -0.4 is 15.5 Å². The van der Waals surface area contributed by atoms with E-state index in [1.807, 2.05) is 30.3 Å². The van der Waals surface area contributed by atoms with E-state index in [-0.39, 0.29) is 11.8 Å². The summed E-state index contributed by atoms with van der Waals surface area (Å²) in [4.78, 5) is 25.9. The number of rotatable bonds is 6. The summed E-state index contributed by atoms with van der Waals surface area (Å²) in [6, 6.07) is 12.3.